The van der Waals surface area contributed by atoms with Crippen LogP contribution in [0.2, 0.25) is 0 Å². The molecule has 0 bridgehead atoms. The lowest BCUT2D eigenvalue weighted by atomic mass is 9.97. The zero-order valence-electron chi connectivity index (χ0n) is 15.4. The maximum Gasteiger partial charge on any atom is 0.239 e. The molecule has 0 unspecified atom stereocenters. The fourth-order valence-corrected chi connectivity index (χ4v) is 3.07. The summed E-state index contributed by atoms with van der Waals surface area (Å²) in [6, 6.07) is 7.63. The zero-order chi connectivity index (χ0) is 18.4. The summed E-state index contributed by atoms with van der Waals surface area (Å²) in [6.45, 7) is 6.20. The number of aryl methyl sites for hydroxylation is 1. The van der Waals surface area contributed by atoms with E-state index in [2.05, 4.69) is 0 Å². The summed E-state index contributed by atoms with van der Waals surface area (Å²) in [5.41, 5.74) is 6.49. The van der Waals surface area contributed by atoms with Crippen LogP contribution in [0.5, 0.6) is 5.75 Å². The molecule has 0 aromatic heterocycles. The van der Waals surface area contributed by atoms with Gasteiger partial charge in [0.15, 0.2) is 0 Å². The van der Waals surface area contributed by atoms with Crippen molar-refractivity contribution >= 4 is 11.8 Å². The standard InChI is InChI=1S/C19H29N3O3/c1-14-7-4-5-9-17(14)25-12-11-21(3)15(2)19(24)22-10-6-8-16(13-22)18(20)23/h4-5,7,9,15-16H,6,8,10-13H2,1-3H3,(H2,20,23)/t15-,16-/m1/s1. The first-order valence-electron chi connectivity index (χ1n) is 8.87. The number of nitrogens with two attached hydrogens (primary N) is 1. The first kappa shape index (κ1) is 19.2. The van der Waals surface area contributed by atoms with Gasteiger partial charge >= 0.3 is 0 Å². The van der Waals surface area contributed by atoms with Crippen LogP contribution in [-0.2, 0) is 9.59 Å². The Kier molecular flexibility index (Phi) is 6.82. The molecule has 1 aliphatic rings. The number of nitrogens with zero attached hydrogens (tertiary/aromatic N) is 2. The van der Waals surface area contributed by atoms with Crippen molar-refractivity contribution < 1.29 is 14.3 Å². The van der Waals surface area contributed by atoms with Crippen LogP contribution < -0.4 is 10.5 Å². The average molecular weight is 347 g/mol. The second kappa shape index (κ2) is 8.85. The molecular formula is C19H29N3O3. The van der Waals surface area contributed by atoms with Crippen LogP contribution in [0.1, 0.15) is 25.3 Å². The van der Waals surface area contributed by atoms with Crippen LogP contribution in [-0.4, -0.2) is 60.9 Å². The molecule has 25 heavy (non-hydrogen) atoms. The summed E-state index contributed by atoms with van der Waals surface area (Å²) in [5, 5.41) is 0. The molecule has 2 rings (SSSR count). The maximum atomic E-state index is 12.7. The van der Waals surface area contributed by atoms with Crippen molar-refractivity contribution in [1.29, 1.82) is 0 Å². The van der Waals surface area contributed by atoms with Gasteiger partial charge in [-0.2, -0.15) is 0 Å². The fraction of sp³-hybridized carbons (Fsp3) is 0.579. The van der Waals surface area contributed by atoms with Gasteiger partial charge in [0.25, 0.3) is 0 Å². The number of rotatable bonds is 7. The van der Waals surface area contributed by atoms with E-state index in [0.717, 1.165) is 24.2 Å². The van der Waals surface area contributed by atoms with E-state index in [0.29, 0.717) is 26.2 Å². The molecule has 1 fully saturated rings. The lowest BCUT2D eigenvalue weighted by Crippen LogP contribution is -2.51. The van der Waals surface area contributed by atoms with Gasteiger partial charge in [0.1, 0.15) is 12.4 Å². The summed E-state index contributed by atoms with van der Waals surface area (Å²) in [4.78, 5) is 27.8. The monoisotopic (exact) mass is 347 g/mol. The van der Waals surface area contributed by atoms with Crippen molar-refractivity contribution in [3.05, 3.63) is 29.8 Å². The minimum absolute atomic E-state index is 0.0457. The number of likely N-dealkylation sites (tertiary alicyclic amines) is 1. The van der Waals surface area contributed by atoms with Gasteiger partial charge in [-0.25, -0.2) is 0 Å². The van der Waals surface area contributed by atoms with E-state index in [-0.39, 0.29) is 23.8 Å². The van der Waals surface area contributed by atoms with E-state index in [4.69, 9.17) is 10.5 Å². The normalized spacial score (nSPS) is 18.9. The molecular weight excluding hydrogens is 318 g/mol. The fourth-order valence-electron chi connectivity index (χ4n) is 3.07. The lowest BCUT2D eigenvalue weighted by molar-refractivity contribution is -0.139. The van der Waals surface area contributed by atoms with Crippen molar-refractivity contribution in [2.24, 2.45) is 11.7 Å². The minimum atomic E-state index is -0.315. The number of carbonyl (C=O) groups is 2. The van der Waals surface area contributed by atoms with Crippen molar-refractivity contribution in [3.8, 4) is 5.75 Å². The van der Waals surface area contributed by atoms with Gasteiger partial charge in [-0.1, -0.05) is 18.2 Å². The van der Waals surface area contributed by atoms with E-state index in [9.17, 15) is 9.59 Å². The molecule has 6 nitrogen and oxygen atoms in total. The summed E-state index contributed by atoms with van der Waals surface area (Å²) >= 11 is 0. The molecule has 0 radical (unpaired) electrons. The van der Waals surface area contributed by atoms with Gasteiger partial charge < -0.3 is 15.4 Å². The van der Waals surface area contributed by atoms with Gasteiger partial charge in [0.05, 0.1) is 12.0 Å². The number of piperidine rings is 1. The largest absolute Gasteiger partial charge is 0.492 e. The van der Waals surface area contributed by atoms with E-state index < -0.39 is 0 Å². The number of amides is 2. The molecule has 1 aromatic carbocycles. The van der Waals surface area contributed by atoms with Gasteiger partial charge in [0, 0.05) is 19.6 Å². The first-order valence-corrected chi connectivity index (χ1v) is 8.87. The third-order valence-electron chi connectivity index (χ3n) is 4.95. The molecule has 2 atom stereocenters. The van der Waals surface area contributed by atoms with E-state index in [1.54, 1.807) is 4.90 Å². The highest BCUT2D eigenvalue weighted by molar-refractivity contribution is 5.83. The molecule has 0 aliphatic carbocycles. The smallest absolute Gasteiger partial charge is 0.239 e. The van der Waals surface area contributed by atoms with E-state index in [1.165, 1.54) is 0 Å². The van der Waals surface area contributed by atoms with Crippen LogP contribution in [0.4, 0.5) is 0 Å². The van der Waals surface area contributed by atoms with Crippen molar-refractivity contribution in [3.63, 3.8) is 0 Å². The Labute approximate surface area is 149 Å². The summed E-state index contributed by atoms with van der Waals surface area (Å²) in [7, 11) is 1.92. The highest BCUT2D eigenvalue weighted by Gasteiger charge is 2.30. The average Bonchev–Trinajstić information content (AvgIpc) is 2.62. The molecule has 1 saturated heterocycles. The summed E-state index contributed by atoms with van der Waals surface area (Å²) in [6.07, 6.45) is 1.60. The SMILES string of the molecule is Cc1ccccc1OCCN(C)[C@H](C)C(=O)N1CCC[C@@H](C(N)=O)C1. The number of benzene rings is 1. The molecule has 6 heteroatoms. The van der Waals surface area contributed by atoms with Gasteiger partial charge in [-0.15, -0.1) is 0 Å². The lowest BCUT2D eigenvalue weighted by Gasteiger charge is -2.35. The molecule has 1 heterocycles. The van der Waals surface area contributed by atoms with Crippen molar-refractivity contribution in [1.82, 2.24) is 9.80 Å². The van der Waals surface area contributed by atoms with Crippen molar-refractivity contribution in [2.45, 2.75) is 32.7 Å². The molecule has 138 valence electrons. The van der Waals surface area contributed by atoms with Gasteiger partial charge in [-0.05, 0) is 45.4 Å². The number of carbonyl (C=O) groups excluding carboxylic acids is 2. The Morgan fingerprint density at radius 1 is 1.40 bits per heavy atom. The van der Waals surface area contributed by atoms with Gasteiger partial charge in [-0.3, -0.25) is 14.5 Å². The third-order valence-corrected chi connectivity index (χ3v) is 4.95. The number of para-hydroxylation sites is 1. The Hall–Kier alpha value is -2.08. The number of likely N-dealkylation sites (N-methyl/N-ethyl adjacent to an activating group) is 1. The van der Waals surface area contributed by atoms with Crippen LogP contribution in [0.15, 0.2) is 24.3 Å². The topological polar surface area (TPSA) is 75.9 Å². The third kappa shape index (κ3) is 5.19. The number of primary amides is 1. The zero-order valence-corrected chi connectivity index (χ0v) is 15.4. The number of ether oxygens (including phenoxy) is 1. The number of hydrogen-bond acceptors (Lipinski definition) is 4. The first-order chi connectivity index (χ1) is 11.9. The Morgan fingerprint density at radius 2 is 2.12 bits per heavy atom. The van der Waals surface area contributed by atoms with Crippen LogP contribution in [0, 0.1) is 12.8 Å². The Balaban J connectivity index is 1.82. The minimum Gasteiger partial charge on any atom is -0.492 e. The highest BCUT2D eigenvalue weighted by Crippen LogP contribution is 2.18. The molecule has 1 aromatic rings. The van der Waals surface area contributed by atoms with Crippen LogP contribution >= 0.6 is 0 Å². The summed E-state index contributed by atoms with van der Waals surface area (Å²) < 4.78 is 5.80. The molecule has 0 spiro atoms. The van der Waals surface area contributed by atoms with Crippen molar-refractivity contribution in [2.75, 3.05) is 33.3 Å². The predicted octanol–water partition coefficient (Wildman–Crippen LogP) is 1.42. The quantitative estimate of drug-likeness (QED) is 0.809. The highest BCUT2D eigenvalue weighted by atomic mass is 16.5. The second-order valence-electron chi connectivity index (χ2n) is 6.80. The Bertz CT molecular complexity index is 605. The molecule has 0 saturated carbocycles. The summed E-state index contributed by atoms with van der Waals surface area (Å²) in [5.74, 6) is 0.379. The van der Waals surface area contributed by atoms with E-state index >= 15 is 0 Å². The van der Waals surface area contributed by atoms with Crippen LogP contribution in [0.25, 0.3) is 0 Å². The molecule has 2 amide bonds. The number of hydrogen-bond donors (Lipinski definition) is 1. The molecule has 2 N–H and O–H groups in total. The Morgan fingerprint density at radius 3 is 2.80 bits per heavy atom. The van der Waals surface area contributed by atoms with Gasteiger partial charge in [0.2, 0.25) is 11.8 Å². The maximum absolute atomic E-state index is 12.7. The molecule has 1 aliphatic heterocycles. The second-order valence-corrected chi connectivity index (χ2v) is 6.80. The predicted molar refractivity (Wildman–Crippen MR) is 97.3 cm³/mol. The van der Waals surface area contributed by atoms with Crippen LogP contribution in [0.3, 0.4) is 0 Å². The van der Waals surface area contributed by atoms with E-state index in [1.807, 2.05) is 50.1 Å².